The first-order chi connectivity index (χ1) is 13.6. The third-order valence-electron chi connectivity index (χ3n) is 4.85. The molecule has 0 bridgehead atoms. The quantitative estimate of drug-likeness (QED) is 0.741. The highest BCUT2D eigenvalue weighted by Gasteiger charge is 2.19. The molecule has 28 heavy (non-hydrogen) atoms. The van der Waals surface area contributed by atoms with Crippen LogP contribution in [0.3, 0.4) is 0 Å². The summed E-state index contributed by atoms with van der Waals surface area (Å²) in [7, 11) is 3.83. The fourth-order valence-electron chi connectivity index (χ4n) is 3.35. The Morgan fingerprint density at radius 1 is 1.07 bits per heavy atom. The lowest BCUT2D eigenvalue weighted by atomic mass is 10.2. The molecule has 0 aliphatic carbocycles. The Balaban J connectivity index is 1.53. The van der Waals surface area contributed by atoms with Gasteiger partial charge in [-0.2, -0.15) is 4.98 Å². The van der Waals surface area contributed by atoms with Crippen LogP contribution in [0.25, 0.3) is 5.69 Å². The number of anilines is 3. The number of carbonyl (C=O) groups excluding carboxylic acids is 1. The molecule has 3 aromatic rings. The summed E-state index contributed by atoms with van der Waals surface area (Å²) < 4.78 is 2.00. The second-order valence-electron chi connectivity index (χ2n) is 7.09. The molecule has 1 amide bonds. The molecule has 0 unspecified atom stereocenters. The standard InChI is InChI=1S/C21H24N6O/c1-25(2)19-18(15-22-21(24-19)27-13-5-6-14-27)23-20(28)16-7-9-17(10-8-16)26-11-3-4-12-26/h3-4,7-12,15H,5-6,13-14H2,1-2H3,(H,23,28). The second-order valence-corrected chi connectivity index (χ2v) is 7.09. The molecule has 1 aliphatic heterocycles. The third kappa shape index (κ3) is 3.69. The minimum absolute atomic E-state index is 0.181. The molecule has 0 spiro atoms. The molecule has 0 radical (unpaired) electrons. The van der Waals surface area contributed by atoms with E-state index in [1.54, 1.807) is 6.20 Å². The zero-order valence-corrected chi connectivity index (χ0v) is 16.2. The van der Waals surface area contributed by atoms with Gasteiger partial charge < -0.3 is 19.7 Å². The lowest BCUT2D eigenvalue weighted by molar-refractivity contribution is 0.102. The normalized spacial score (nSPS) is 13.6. The Labute approximate surface area is 164 Å². The largest absolute Gasteiger partial charge is 0.361 e. The van der Waals surface area contributed by atoms with E-state index in [1.165, 1.54) is 0 Å². The molecule has 1 saturated heterocycles. The zero-order chi connectivity index (χ0) is 19.5. The molecule has 2 aromatic heterocycles. The van der Waals surface area contributed by atoms with Gasteiger partial charge in [0.1, 0.15) is 5.69 Å². The molecular formula is C21H24N6O. The number of aromatic nitrogens is 3. The summed E-state index contributed by atoms with van der Waals surface area (Å²) in [4.78, 5) is 25.9. The minimum atomic E-state index is -0.181. The van der Waals surface area contributed by atoms with Gasteiger partial charge >= 0.3 is 0 Å². The van der Waals surface area contributed by atoms with E-state index in [9.17, 15) is 4.79 Å². The number of nitrogens with one attached hydrogen (secondary N) is 1. The van der Waals surface area contributed by atoms with Gasteiger partial charge in [0.05, 0.1) is 6.20 Å². The smallest absolute Gasteiger partial charge is 0.255 e. The summed E-state index contributed by atoms with van der Waals surface area (Å²) in [6, 6.07) is 11.4. The van der Waals surface area contributed by atoms with Crippen LogP contribution in [0.1, 0.15) is 23.2 Å². The van der Waals surface area contributed by atoms with Crippen molar-refractivity contribution in [3.8, 4) is 5.69 Å². The second kappa shape index (κ2) is 7.72. The van der Waals surface area contributed by atoms with Gasteiger partial charge in [-0.15, -0.1) is 0 Å². The molecule has 3 heterocycles. The van der Waals surface area contributed by atoms with Crippen molar-refractivity contribution in [3.63, 3.8) is 0 Å². The average Bonchev–Trinajstić information content (AvgIpc) is 3.42. The number of rotatable bonds is 5. The van der Waals surface area contributed by atoms with E-state index >= 15 is 0 Å². The number of carbonyl (C=O) groups is 1. The van der Waals surface area contributed by atoms with Crippen LogP contribution in [0, 0.1) is 0 Å². The van der Waals surface area contributed by atoms with Crippen molar-refractivity contribution in [1.82, 2.24) is 14.5 Å². The molecule has 1 N–H and O–H groups in total. The van der Waals surface area contributed by atoms with Crippen LogP contribution < -0.4 is 15.1 Å². The van der Waals surface area contributed by atoms with E-state index in [1.807, 2.05) is 72.4 Å². The highest BCUT2D eigenvalue weighted by molar-refractivity contribution is 6.05. The average molecular weight is 376 g/mol. The van der Waals surface area contributed by atoms with Gasteiger partial charge in [-0.05, 0) is 49.2 Å². The van der Waals surface area contributed by atoms with E-state index in [2.05, 4.69) is 20.2 Å². The zero-order valence-electron chi connectivity index (χ0n) is 16.2. The fraction of sp³-hybridized carbons (Fsp3) is 0.286. The van der Waals surface area contributed by atoms with Gasteiger partial charge in [0.15, 0.2) is 5.82 Å². The lowest BCUT2D eigenvalue weighted by Crippen LogP contribution is -2.23. The lowest BCUT2D eigenvalue weighted by Gasteiger charge is -2.21. The minimum Gasteiger partial charge on any atom is -0.361 e. The van der Waals surface area contributed by atoms with E-state index in [0.717, 1.165) is 37.6 Å². The van der Waals surface area contributed by atoms with Crippen LogP contribution in [0.15, 0.2) is 55.0 Å². The van der Waals surface area contributed by atoms with Crippen molar-refractivity contribution in [2.24, 2.45) is 0 Å². The summed E-state index contributed by atoms with van der Waals surface area (Å²) in [6.07, 6.45) is 7.97. The van der Waals surface area contributed by atoms with Crippen molar-refractivity contribution >= 4 is 23.4 Å². The van der Waals surface area contributed by atoms with Gasteiger partial charge in [-0.3, -0.25) is 4.79 Å². The van der Waals surface area contributed by atoms with E-state index in [4.69, 9.17) is 0 Å². The maximum absolute atomic E-state index is 12.7. The monoisotopic (exact) mass is 376 g/mol. The first kappa shape index (κ1) is 18.0. The first-order valence-electron chi connectivity index (χ1n) is 9.46. The Morgan fingerprint density at radius 2 is 1.75 bits per heavy atom. The predicted octanol–water partition coefficient (Wildman–Crippen LogP) is 3.19. The predicted molar refractivity (Wildman–Crippen MR) is 112 cm³/mol. The van der Waals surface area contributed by atoms with Crippen molar-refractivity contribution in [3.05, 3.63) is 60.6 Å². The molecular weight excluding hydrogens is 352 g/mol. The number of hydrogen-bond acceptors (Lipinski definition) is 5. The van der Waals surface area contributed by atoms with Gasteiger partial charge in [-0.25, -0.2) is 4.98 Å². The van der Waals surface area contributed by atoms with Gasteiger partial charge in [0.25, 0.3) is 5.91 Å². The van der Waals surface area contributed by atoms with Gasteiger partial charge in [-0.1, -0.05) is 0 Å². The van der Waals surface area contributed by atoms with Gasteiger partial charge in [0.2, 0.25) is 5.95 Å². The van der Waals surface area contributed by atoms with Crippen molar-refractivity contribution < 1.29 is 4.79 Å². The van der Waals surface area contributed by atoms with Crippen LogP contribution in [0.5, 0.6) is 0 Å². The van der Waals surface area contributed by atoms with Crippen molar-refractivity contribution in [2.45, 2.75) is 12.8 Å². The number of hydrogen-bond donors (Lipinski definition) is 1. The highest BCUT2D eigenvalue weighted by Crippen LogP contribution is 2.26. The number of nitrogens with zero attached hydrogens (tertiary/aromatic N) is 5. The summed E-state index contributed by atoms with van der Waals surface area (Å²) in [5.74, 6) is 1.24. The SMILES string of the molecule is CN(C)c1nc(N2CCCC2)ncc1NC(=O)c1ccc(-n2cccc2)cc1. The Hall–Kier alpha value is -3.35. The molecule has 144 valence electrons. The molecule has 7 nitrogen and oxygen atoms in total. The first-order valence-corrected chi connectivity index (χ1v) is 9.46. The molecule has 0 saturated carbocycles. The van der Waals surface area contributed by atoms with Crippen LogP contribution >= 0.6 is 0 Å². The number of benzene rings is 1. The van der Waals surface area contributed by atoms with Crippen LogP contribution in [-0.2, 0) is 0 Å². The molecule has 1 fully saturated rings. The molecule has 7 heteroatoms. The maximum Gasteiger partial charge on any atom is 0.255 e. The Kier molecular flexibility index (Phi) is 4.97. The number of amides is 1. The summed E-state index contributed by atoms with van der Waals surface area (Å²) in [5.41, 5.74) is 2.20. The highest BCUT2D eigenvalue weighted by atomic mass is 16.1. The topological polar surface area (TPSA) is 66.3 Å². The van der Waals surface area contributed by atoms with E-state index < -0.39 is 0 Å². The van der Waals surface area contributed by atoms with Crippen molar-refractivity contribution in [1.29, 1.82) is 0 Å². The van der Waals surface area contributed by atoms with Crippen LogP contribution in [0.4, 0.5) is 17.5 Å². The van der Waals surface area contributed by atoms with E-state index in [-0.39, 0.29) is 5.91 Å². The van der Waals surface area contributed by atoms with Crippen LogP contribution in [0.2, 0.25) is 0 Å². The summed E-state index contributed by atoms with van der Waals surface area (Å²) in [6.45, 7) is 1.96. The fourth-order valence-corrected chi connectivity index (χ4v) is 3.35. The van der Waals surface area contributed by atoms with Gasteiger partial charge in [0, 0.05) is 50.8 Å². The summed E-state index contributed by atoms with van der Waals surface area (Å²) in [5, 5.41) is 2.95. The third-order valence-corrected chi connectivity index (χ3v) is 4.85. The Bertz CT molecular complexity index is 944. The van der Waals surface area contributed by atoms with Crippen LogP contribution in [-0.4, -0.2) is 47.6 Å². The molecule has 4 rings (SSSR count). The molecule has 1 aliphatic rings. The maximum atomic E-state index is 12.7. The Morgan fingerprint density at radius 3 is 2.39 bits per heavy atom. The van der Waals surface area contributed by atoms with Crippen molar-refractivity contribution in [2.75, 3.05) is 42.3 Å². The molecule has 0 atom stereocenters. The van der Waals surface area contributed by atoms with E-state index in [0.29, 0.717) is 17.1 Å². The molecule has 1 aromatic carbocycles. The summed E-state index contributed by atoms with van der Waals surface area (Å²) >= 11 is 0.